The van der Waals surface area contributed by atoms with Crippen molar-refractivity contribution >= 4 is 22.8 Å². The molecule has 0 amide bonds. The first-order chi connectivity index (χ1) is 9.76. The van der Waals surface area contributed by atoms with Gasteiger partial charge in [-0.25, -0.2) is 4.98 Å². The van der Waals surface area contributed by atoms with Crippen molar-refractivity contribution in [3.05, 3.63) is 28.7 Å². The molecular formula is C14H20N4OS. The number of nitrogen functional groups attached to an aromatic ring is 1. The fourth-order valence-corrected chi connectivity index (χ4v) is 2.70. The Morgan fingerprint density at radius 3 is 2.90 bits per heavy atom. The van der Waals surface area contributed by atoms with Crippen LogP contribution in [0.4, 0.5) is 11.5 Å². The Morgan fingerprint density at radius 1 is 1.40 bits per heavy atom. The molecule has 0 fully saturated rings. The molecule has 0 aromatic carbocycles. The zero-order valence-electron chi connectivity index (χ0n) is 11.8. The first kappa shape index (κ1) is 14.6. The molecule has 0 saturated carbocycles. The first-order valence-corrected chi connectivity index (χ1v) is 7.67. The third-order valence-electron chi connectivity index (χ3n) is 2.90. The van der Waals surface area contributed by atoms with E-state index in [0.29, 0.717) is 24.0 Å². The van der Waals surface area contributed by atoms with Crippen molar-refractivity contribution in [2.24, 2.45) is 0 Å². The summed E-state index contributed by atoms with van der Waals surface area (Å²) in [6, 6.07) is 4.35. The van der Waals surface area contributed by atoms with Gasteiger partial charge in [0.1, 0.15) is 12.0 Å². The summed E-state index contributed by atoms with van der Waals surface area (Å²) in [6.07, 6.45) is 3.35. The minimum absolute atomic E-state index is 0.200. The number of aromatic nitrogens is 2. The van der Waals surface area contributed by atoms with E-state index in [4.69, 9.17) is 10.5 Å². The van der Waals surface area contributed by atoms with E-state index in [2.05, 4.69) is 33.7 Å². The fourth-order valence-electron chi connectivity index (χ4n) is 1.84. The SMILES string of the molecule is CCCOc1ncnc(NC(CC)c2cccs2)c1N. The molecule has 0 radical (unpaired) electrons. The van der Waals surface area contributed by atoms with Crippen LogP contribution in [0, 0.1) is 0 Å². The van der Waals surface area contributed by atoms with Crippen LogP contribution in [-0.4, -0.2) is 16.6 Å². The summed E-state index contributed by atoms with van der Waals surface area (Å²) < 4.78 is 5.52. The Balaban J connectivity index is 2.16. The molecule has 1 atom stereocenters. The molecule has 108 valence electrons. The lowest BCUT2D eigenvalue weighted by Crippen LogP contribution is -2.12. The third-order valence-corrected chi connectivity index (χ3v) is 3.88. The summed E-state index contributed by atoms with van der Waals surface area (Å²) in [7, 11) is 0. The number of nitrogens with two attached hydrogens (primary N) is 1. The summed E-state index contributed by atoms with van der Waals surface area (Å²) in [6.45, 7) is 4.77. The smallest absolute Gasteiger partial charge is 0.242 e. The molecular weight excluding hydrogens is 272 g/mol. The summed E-state index contributed by atoms with van der Waals surface area (Å²) >= 11 is 1.72. The Kier molecular flexibility index (Phi) is 5.17. The number of nitrogens with zero attached hydrogens (tertiary/aromatic N) is 2. The van der Waals surface area contributed by atoms with E-state index in [1.807, 2.05) is 13.0 Å². The minimum atomic E-state index is 0.200. The predicted molar refractivity (Wildman–Crippen MR) is 83.2 cm³/mol. The Hall–Kier alpha value is -1.82. The van der Waals surface area contributed by atoms with Crippen molar-refractivity contribution in [3.8, 4) is 5.88 Å². The van der Waals surface area contributed by atoms with Gasteiger partial charge in [-0.05, 0) is 24.3 Å². The van der Waals surface area contributed by atoms with Crippen molar-refractivity contribution in [2.75, 3.05) is 17.7 Å². The monoisotopic (exact) mass is 292 g/mol. The molecule has 6 heteroatoms. The van der Waals surface area contributed by atoms with E-state index in [1.165, 1.54) is 11.2 Å². The molecule has 2 rings (SSSR count). The zero-order chi connectivity index (χ0) is 14.4. The van der Waals surface area contributed by atoms with Gasteiger partial charge in [0, 0.05) is 4.88 Å². The molecule has 0 bridgehead atoms. The van der Waals surface area contributed by atoms with Gasteiger partial charge in [0.2, 0.25) is 5.88 Å². The van der Waals surface area contributed by atoms with Crippen LogP contribution in [-0.2, 0) is 0 Å². The molecule has 5 nitrogen and oxygen atoms in total. The molecule has 2 heterocycles. The van der Waals surface area contributed by atoms with Gasteiger partial charge in [-0.1, -0.05) is 19.9 Å². The van der Waals surface area contributed by atoms with Crippen LogP contribution in [0.2, 0.25) is 0 Å². The quantitative estimate of drug-likeness (QED) is 0.817. The van der Waals surface area contributed by atoms with Crippen LogP contribution < -0.4 is 15.8 Å². The van der Waals surface area contributed by atoms with Gasteiger partial charge >= 0.3 is 0 Å². The predicted octanol–water partition coefficient (Wildman–Crippen LogP) is 3.47. The largest absolute Gasteiger partial charge is 0.476 e. The lowest BCUT2D eigenvalue weighted by Gasteiger charge is -2.18. The molecule has 1 unspecified atom stereocenters. The van der Waals surface area contributed by atoms with Gasteiger partial charge in [-0.3, -0.25) is 0 Å². The standard InChI is InChI=1S/C14H20N4OS/c1-3-7-19-14-12(15)13(16-9-17-14)18-10(4-2)11-6-5-8-20-11/h5-6,8-10H,3-4,7,15H2,1-2H3,(H,16,17,18). The number of anilines is 2. The van der Waals surface area contributed by atoms with Gasteiger partial charge in [0.05, 0.1) is 12.6 Å². The van der Waals surface area contributed by atoms with Crippen LogP contribution in [0.5, 0.6) is 5.88 Å². The Bertz CT molecular complexity index is 530. The van der Waals surface area contributed by atoms with Crippen molar-refractivity contribution in [3.63, 3.8) is 0 Å². The second-order valence-corrected chi connectivity index (χ2v) is 5.39. The average molecular weight is 292 g/mol. The molecule has 2 aromatic heterocycles. The number of ether oxygens (including phenoxy) is 1. The number of nitrogens with one attached hydrogen (secondary N) is 1. The van der Waals surface area contributed by atoms with Crippen LogP contribution in [0.25, 0.3) is 0 Å². The molecule has 0 spiro atoms. The zero-order valence-corrected chi connectivity index (χ0v) is 12.6. The van der Waals surface area contributed by atoms with Gasteiger partial charge in [-0.2, -0.15) is 4.98 Å². The summed E-state index contributed by atoms with van der Waals surface area (Å²) in [5.41, 5.74) is 6.54. The van der Waals surface area contributed by atoms with Gasteiger partial charge < -0.3 is 15.8 Å². The second kappa shape index (κ2) is 7.09. The van der Waals surface area contributed by atoms with Crippen molar-refractivity contribution < 1.29 is 4.74 Å². The van der Waals surface area contributed by atoms with E-state index in [1.54, 1.807) is 11.3 Å². The Labute approximate surface area is 123 Å². The van der Waals surface area contributed by atoms with Crippen LogP contribution in [0.1, 0.15) is 37.6 Å². The van der Waals surface area contributed by atoms with E-state index in [0.717, 1.165) is 12.8 Å². The summed E-state index contributed by atoms with van der Waals surface area (Å²) in [4.78, 5) is 9.56. The minimum Gasteiger partial charge on any atom is -0.476 e. The fraction of sp³-hybridized carbons (Fsp3) is 0.429. The third kappa shape index (κ3) is 3.39. The maximum Gasteiger partial charge on any atom is 0.242 e. The number of thiophene rings is 1. The summed E-state index contributed by atoms with van der Waals surface area (Å²) in [5, 5.41) is 5.44. The Morgan fingerprint density at radius 2 is 2.25 bits per heavy atom. The number of hydrogen-bond acceptors (Lipinski definition) is 6. The molecule has 0 aliphatic carbocycles. The maximum atomic E-state index is 6.07. The van der Waals surface area contributed by atoms with Gasteiger partial charge in [0.25, 0.3) is 0 Å². The van der Waals surface area contributed by atoms with Crippen LogP contribution >= 0.6 is 11.3 Å². The highest BCUT2D eigenvalue weighted by Crippen LogP contribution is 2.30. The van der Waals surface area contributed by atoms with E-state index < -0.39 is 0 Å². The number of rotatable bonds is 7. The molecule has 0 saturated heterocycles. The van der Waals surface area contributed by atoms with Crippen molar-refractivity contribution in [2.45, 2.75) is 32.7 Å². The lowest BCUT2D eigenvalue weighted by molar-refractivity contribution is 0.306. The van der Waals surface area contributed by atoms with Gasteiger partial charge in [-0.15, -0.1) is 11.3 Å². The highest BCUT2D eigenvalue weighted by molar-refractivity contribution is 7.10. The molecule has 0 aliphatic heterocycles. The summed E-state index contributed by atoms with van der Waals surface area (Å²) in [5.74, 6) is 1.08. The van der Waals surface area contributed by atoms with E-state index >= 15 is 0 Å². The van der Waals surface area contributed by atoms with Crippen molar-refractivity contribution in [1.29, 1.82) is 0 Å². The second-order valence-electron chi connectivity index (χ2n) is 4.41. The maximum absolute atomic E-state index is 6.07. The number of hydrogen-bond donors (Lipinski definition) is 2. The lowest BCUT2D eigenvalue weighted by atomic mass is 10.2. The highest BCUT2D eigenvalue weighted by atomic mass is 32.1. The highest BCUT2D eigenvalue weighted by Gasteiger charge is 2.15. The van der Waals surface area contributed by atoms with E-state index in [-0.39, 0.29) is 6.04 Å². The van der Waals surface area contributed by atoms with Crippen molar-refractivity contribution in [1.82, 2.24) is 9.97 Å². The normalized spacial score (nSPS) is 12.1. The molecule has 0 aliphatic rings. The van der Waals surface area contributed by atoms with E-state index in [9.17, 15) is 0 Å². The topological polar surface area (TPSA) is 73.1 Å². The first-order valence-electron chi connectivity index (χ1n) is 6.79. The van der Waals surface area contributed by atoms with Crippen LogP contribution in [0.15, 0.2) is 23.8 Å². The molecule has 20 heavy (non-hydrogen) atoms. The van der Waals surface area contributed by atoms with Crippen LogP contribution in [0.3, 0.4) is 0 Å². The molecule has 3 N–H and O–H groups in total. The molecule has 2 aromatic rings. The average Bonchev–Trinajstić information content (AvgIpc) is 2.99. The van der Waals surface area contributed by atoms with Gasteiger partial charge in [0.15, 0.2) is 5.82 Å².